The lowest BCUT2D eigenvalue weighted by Crippen LogP contribution is -2.30. The molecule has 0 aliphatic carbocycles. The molecule has 0 spiro atoms. The maximum Gasteiger partial charge on any atom is 0.338 e. The number of ether oxygens (including phenoxy) is 2. The molecule has 1 atom stereocenters. The second-order valence-electron chi connectivity index (χ2n) is 7.34. The number of rotatable bonds is 8. The number of hydrogen-bond donors (Lipinski definition) is 1. The molecular weight excluding hydrogens is 443 g/mol. The summed E-state index contributed by atoms with van der Waals surface area (Å²) < 4.78 is 26.4. The largest absolute Gasteiger partial charge is 0.494 e. The fourth-order valence-corrected chi connectivity index (χ4v) is 4.49. The van der Waals surface area contributed by atoms with Gasteiger partial charge in [-0.25, -0.2) is 13.9 Å². The fourth-order valence-electron chi connectivity index (χ4n) is 3.72. The van der Waals surface area contributed by atoms with Gasteiger partial charge in [-0.1, -0.05) is 42.1 Å². The van der Waals surface area contributed by atoms with Gasteiger partial charge in [0.25, 0.3) is 0 Å². The standard InChI is InChI=1S/C24H25FN4O3S/c1-4-31-19-12-7-6-11-18(19)21-20(22(30)32-5-2)15(3)26-23-27-24(28-29(21)23)33-14-16-9-8-10-17(25)13-16/h6-13,21H,4-5,14H2,1-3H3,(H,26,27,28)/t21-/m1/s1. The quantitative estimate of drug-likeness (QED) is 0.370. The van der Waals surface area contributed by atoms with Crippen molar-refractivity contribution in [2.24, 2.45) is 0 Å². The highest BCUT2D eigenvalue weighted by Crippen LogP contribution is 2.40. The first kappa shape index (κ1) is 22.8. The average molecular weight is 469 g/mol. The molecule has 4 rings (SSSR count). The van der Waals surface area contributed by atoms with Crippen LogP contribution < -0.4 is 10.1 Å². The number of benzene rings is 2. The second kappa shape index (κ2) is 10.1. The number of halogens is 1. The van der Waals surface area contributed by atoms with Gasteiger partial charge in [-0.3, -0.25) is 0 Å². The number of aromatic nitrogens is 3. The summed E-state index contributed by atoms with van der Waals surface area (Å²) in [6, 6.07) is 13.4. The molecule has 172 valence electrons. The van der Waals surface area contributed by atoms with Gasteiger partial charge in [0, 0.05) is 17.0 Å². The first-order valence-electron chi connectivity index (χ1n) is 10.7. The Kier molecular flexibility index (Phi) is 6.98. The zero-order valence-corrected chi connectivity index (χ0v) is 19.5. The maximum absolute atomic E-state index is 13.5. The van der Waals surface area contributed by atoms with Crippen LogP contribution in [0.3, 0.4) is 0 Å². The number of fused-ring (bicyclic) bond motifs is 1. The molecule has 33 heavy (non-hydrogen) atoms. The minimum Gasteiger partial charge on any atom is -0.494 e. The molecule has 0 saturated carbocycles. The van der Waals surface area contributed by atoms with Crippen molar-refractivity contribution in [1.82, 2.24) is 14.8 Å². The van der Waals surface area contributed by atoms with Crippen LogP contribution in [0.25, 0.3) is 0 Å². The van der Waals surface area contributed by atoms with Gasteiger partial charge in [-0.05, 0) is 44.5 Å². The van der Waals surface area contributed by atoms with Gasteiger partial charge in [0.05, 0.1) is 18.8 Å². The summed E-state index contributed by atoms with van der Waals surface area (Å²) in [5, 5.41) is 8.38. The van der Waals surface area contributed by atoms with E-state index in [-0.39, 0.29) is 12.4 Å². The molecule has 0 amide bonds. The summed E-state index contributed by atoms with van der Waals surface area (Å²) in [5.41, 5.74) is 2.71. The van der Waals surface area contributed by atoms with Crippen LogP contribution in [-0.2, 0) is 15.3 Å². The van der Waals surface area contributed by atoms with Gasteiger partial charge in [-0.2, -0.15) is 4.98 Å². The summed E-state index contributed by atoms with van der Waals surface area (Å²) in [4.78, 5) is 17.6. The van der Waals surface area contributed by atoms with Crippen LogP contribution in [0, 0.1) is 5.82 Å². The normalized spacial score (nSPS) is 15.1. The molecule has 0 radical (unpaired) electrons. The lowest BCUT2D eigenvalue weighted by atomic mass is 9.95. The van der Waals surface area contributed by atoms with Crippen molar-refractivity contribution < 1.29 is 18.7 Å². The molecule has 3 aromatic rings. The van der Waals surface area contributed by atoms with Crippen LogP contribution in [0.5, 0.6) is 5.75 Å². The number of nitrogens with zero attached hydrogens (tertiary/aromatic N) is 3. The van der Waals surface area contributed by atoms with E-state index < -0.39 is 12.0 Å². The number of anilines is 1. The highest BCUT2D eigenvalue weighted by Gasteiger charge is 2.36. The van der Waals surface area contributed by atoms with E-state index in [0.29, 0.717) is 40.5 Å². The predicted octanol–water partition coefficient (Wildman–Crippen LogP) is 4.96. The Morgan fingerprint density at radius 1 is 1.18 bits per heavy atom. The molecule has 0 bridgehead atoms. The van der Waals surface area contributed by atoms with E-state index in [1.165, 1.54) is 23.9 Å². The SMILES string of the molecule is CCOC(=O)C1=C(C)Nc2nc(SCc3cccc(F)c3)nn2[C@@H]1c1ccccc1OCC. The minimum absolute atomic E-state index is 0.258. The average Bonchev–Trinajstić information content (AvgIpc) is 3.20. The summed E-state index contributed by atoms with van der Waals surface area (Å²) in [5.74, 6) is 0.987. The van der Waals surface area contributed by atoms with Gasteiger partial charge in [0.2, 0.25) is 11.1 Å². The first-order chi connectivity index (χ1) is 16.0. The van der Waals surface area contributed by atoms with Gasteiger partial charge < -0.3 is 14.8 Å². The first-order valence-corrected chi connectivity index (χ1v) is 11.7. The van der Waals surface area contributed by atoms with Crippen molar-refractivity contribution in [2.75, 3.05) is 18.5 Å². The van der Waals surface area contributed by atoms with Gasteiger partial charge in [0.15, 0.2) is 0 Å². The van der Waals surface area contributed by atoms with E-state index in [0.717, 1.165) is 11.1 Å². The molecule has 1 N–H and O–H groups in total. The Morgan fingerprint density at radius 3 is 2.76 bits per heavy atom. The molecule has 2 heterocycles. The third-order valence-electron chi connectivity index (χ3n) is 5.10. The van der Waals surface area contributed by atoms with Crippen LogP contribution in [0.2, 0.25) is 0 Å². The van der Waals surface area contributed by atoms with Crippen molar-refractivity contribution in [2.45, 2.75) is 37.7 Å². The zero-order chi connectivity index (χ0) is 23.4. The van der Waals surface area contributed by atoms with Crippen LogP contribution >= 0.6 is 11.8 Å². The van der Waals surface area contributed by atoms with Crippen LogP contribution in [0.4, 0.5) is 10.3 Å². The Bertz CT molecular complexity index is 1190. The monoisotopic (exact) mass is 468 g/mol. The molecule has 7 nitrogen and oxygen atoms in total. The highest BCUT2D eigenvalue weighted by molar-refractivity contribution is 7.98. The van der Waals surface area contributed by atoms with E-state index >= 15 is 0 Å². The van der Waals surface area contributed by atoms with E-state index in [9.17, 15) is 9.18 Å². The Balaban J connectivity index is 1.73. The van der Waals surface area contributed by atoms with Crippen molar-refractivity contribution in [3.05, 3.63) is 76.7 Å². The summed E-state index contributed by atoms with van der Waals surface area (Å²) in [7, 11) is 0. The van der Waals surface area contributed by atoms with Crippen LogP contribution in [-0.4, -0.2) is 33.9 Å². The third kappa shape index (κ3) is 4.88. The Morgan fingerprint density at radius 2 is 2.00 bits per heavy atom. The van der Waals surface area contributed by atoms with Gasteiger partial charge in [0.1, 0.15) is 17.6 Å². The second-order valence-corrected chi connectivity index (χ2v) is 8.28. The van der Waals surface area contributed by atoms with Gasteiger partial charge in [-0.15, -0.1) is 5.10 Å². The van der Waals surface area contributed by atoms with E-state index in [2.05, 4.69) is 15.4 Å². The molecule has 0 unspecified atom stereocenters. The third-order valence-corrected chi connectivity index (χ3v) is 6.01. The molecule has 1 aromatic heterocycles. The Labute approximate surface area is 196 Å². The molecule has 1 aliphatic heterocycles. The molecule has 0 fully saturated rings. The molecule has 0 saturated heterocycles. The van der Waals surface area contributed by atoms with Crippen molar-refractivity contribution >= 4 is 23.7 Å². The van der Waals surface area contributed by atoms with Gasteiger partial charge >= 0.3 is 5.97 Å². The number of carbonyl (C=O) groups excluding carboxylic acids is 1. The number of thioether (sulfide) groups is 1. The summed E-state index contributed by atoms with van der Waals surface area (Å²) >= 11 is 1.39. The van der Waals surface area contributed by atoms with E-state index in [4.69, 9.17) is 9.47 Å². The number of carbonyl (C=O) groups is 1. The molecule has 9 heteroatoms. The smallest absolute Gasteiger partial charge is 0.338 e. The summed E-state index contributed by atoms with van der Waals surface area (Å²) in [6.07, 6.45) is 0. The lowest BCUT2D eigenvalue weighted by molar-refractivity contribution is -0.139. The maximum atomic E-state index is 13.5. The van der Waals surface area contributed by atoms with Crippen LogP contribution in [0.15, 0.2) is 65.0 Å². The number of allylic oxidation sites excluding steroid dienone is 1. The number of para-hydroxylation sites is 1. The molecule has 2 aromatic carbocycles. The van der Waals surface area contributed by atoms with E-state index in [1.54, 1.807) is 17.7 Å². The van der Waals surface area contributed by atoms with E-state index in [1.807, 2.05) is 44.2 Å². The lowest BCUT2D eigenvalue weighted by Gasteiger charge is -2.29. The number of nitrogens with one attached hydrogen (secondary N) is 1. The minimum atomic E-state index is -0.570. The summed E-state index contributed by atoms with van der Waals surface area (Å²) in [6.45, 7) is 6.25. The van der Waals surface area contributed by atoms with Crippen molar-refractivity contribution in [3.8, 4) is 5.75 Å². The highest BCUT2D eigenvalue weighted by atomic mass is 32.2. The number of esters is 1. The van der Waals surface area contributed by atoms with Crippen molar-refractivity contribution in [1.29, 1.82) is 0 Å². The molecular formula is C24H25FN4O3S. The number of hydrogen-bond acceptors (Lipinski definition) is 7. The Hall–Kier alpha value is -3.33. The predicted molar refractivity (Wildman–Crippen MR) is 125 cm³/mol. The zero-order valence-electron chi connectivity index (χ0n) is 18.7. The fraction of sp³-hybridized carbons (Fsp3) is 0.292. The topological polar surface area (TPSA) is 78.3 Å². The van der Waals surface area contributed by atoms with Crippen molar-refractivity contribution in [3.63, 3.8) is 0 Å². The van der Waals surface area contributed by atoms with Crippen LogP contribution in [0.1, 0.15) is 37.9 Å². The molecule has 1 aliphatic rings.